The third kappa shape index (κ3) is 8.10. The van der Waals surface area contributed by atoms with Gasteiger partial charge in [-0.05, 0) is 6.42 Å². The summed E-state index contributed by atoms with van der Waals surface area (Å²) < 4.78 is 39.0. The lowest BCUT2D eigenvalue weighted by Crippen LogP contribution is -2.31. The van der Waals surface area contributed by atoms with Gasteiger partial charge in [0, 0.05) is 19.4 Å². The van der Waals surface area contributed by atoms with Crippen LogP contribution in [-0.2, 0) is 0 Å². The molecule has 0 aromatic carbocycles. The van der Waals surface area contributed by atoms with Crippen LogP contribution in [0.4, 0.5) is 17.3 Å². The lowest BCUT2D eigenvalue weighted by Gasteiger charge is -2.22. The van der Waals surface area contributed by atoms with Crippen molar-refractivity contribution in [3.05, 3.63) is 12.4 Å². The number of rotatable bonds is 2. The van der Waals surface area contributed by atoms with Gasteiger partial charge < -0.3 is 32.2 Å². The third-order valence-corrected chi connectivity index (χ3v) is 1.65. The fourth-order valence-corrected chi connectivity index (χ4v) is 0.979. The standard InChI is InChI=1S/C7H14N2O.BF4/c1-3-7(10)9-5-4-8(2)6-9;2-1(3,4)5/h4-5,7,10H,3,6H2,1-2H3;/q;-1. The highest BCUT2D eigenvalue weighted by Gasteiger charge is 2.20. The van der Waals surface area contributed by atoms with Gasteiger partial charge in [0.2, 0.25) is 0 Å². The van der Waals surface area contributed by atoms with E-state index in [1.807, 2.05) is 36.2 Å². The molecule has 1 rings (SSSR count). The Morgan fingerprint density at radius 1 is 1.33 bits per heavy atom. The number of hydrogen-bond donors (Lipinski definition) is 1. The summed E-state index contributed by atoms with van der Waals surface area (Å²) in [6.45, 7) is 2.77. The molecule has 3 nitrogen and oxygen atoms in total. The Morgan fingerprint density at radius 3 is 2.07 bits per heavy atom. The largest absolute Gasteiger partial charge is 0.673 e. The fraction of sp³-hybridized carbons (Fsp3) is 0.714. The summed E-state index contributed by atoms with van der Waals surface area (Å²) in [4.78, 5) is 3.93. The second-order valence-electron chi connectivity index (χ2n) is 3.09. The van der Waals surface area contributed by atoms with E-state index in [4.69, 9.17) is 0 Å². The first-order valence-electron chi connectivity index (χ1n) is 4.43. The van der Waals surface area contributed by atoms with E-state index in [2.05, 4.69) is 0 Å². The van der Waals surface area contributed by atoms with Crippen LogP contribution in [0.2, 0.25) is 0 Å². The second-order valence-corrected chi connectivity index (χ2v) is 3.09. The summed E-state index contributed by atoms with van der Waals surface area (Å²) in [5.41, 5.74) is 0. The van der Waals surface area contributed by atoms with Crippen molar-refractivity contribution >= 4 is 7.25 Å². The van der Waals surface area contributed by atoms with Crippen LogP contribution in [0.5, 0.6) is 0 Å². The van der Waals surface area contributed by atoms with Crippen molar-refractivity contribution in [3.63, 3.8) is 0 Å². The quantitative estimate of drug-likeness (QED) is 0.576. The molecule has 0 aliphatic carbocycles. The van der Waals surface area contributed by atoms with Gasteiger partial charge in [-0.2, -0.15) is 0 Å². The Hall–Kier alpha value is -0.915. The van der Waals surface area contributed by atoms with Crippen molar-refractivity contribution in [1.82, 2.24) is 9.80 Å². The molecular formula is C7H14BF4N2O-. The van der Waals surface area contributed by atoms with E-state index in [1.165, 1.54) is 0 Å². The molecule has 1 unspecified atom stereocenters. The van der Waals surface area contributed by atoms with Gasteiger partial charge in [-0.25, -0.2) is 0 Å². The fourth-order valence-electron chi connectivity index (χ4n) is 0.979. The molecule has 8 heteroatoms. The highest BCUT2D eigenvalue weighted by Crippen LogP contribution is 2.08. The average molecular weight is 229 g/mol. The normalized spacial score (nSPS) is 17.5. The van der Waals surface area contributed by atoms with Gasteiger partial charge in [0.1, 0.15) is 6.23 Å². The minimum absolute atomic E-state index is 0.318. The minimum atomic E-state index is -6.00. The van der Waals surface area contributed by atoms with E-state index in [0.29, 0.717) is 0 Å². The zero-order chi connectivity index (χ0) is 12.1. The molecule has 0 spiro atoms. The summed E-state index contributed by atoms with van der Waals surface area (Å²) in [6, 6.07) is 0. The minimum Gasteiger partial charge on any atom is -0.418 e. The smallest absolute Gasteiger partial charge is 0.418 e. The molecular weight excluding hydrogens is 215 g/mol. The Kier molecular flexibility index (Phi) is 5.49. The average Bonchev–Trinajstić information content (AvgIpc) is 2.47. The van der Waals surface area contributed by atoms with Crippen LogP contribution in [0.1, 0.15) is 13.3 Å². The Balaban J connectivity index is 0.000000336. The topological polar surface area (TPSA) is 26.7 Å². The van der Waals surface area contributed by atoms with Crippen LogP contribution in [0.3, 0.4) is 0 Å². The Labute approximate surface area is 86.1 Å². The highest BCUT2D eigenvalue weighted by atomic mass is 19.5. The Morgan fingerprint density at radius 2 is 1.80 bits per heavy atom. The molecule has 0 saturated heterocycles. The molecule has 1 heterocycles. The van der Waals surface area contributed by atoms with E-state index < -0.39 is 7.25 Å². The van der Waals surface area contributed by atoms with Crippen LogP contribution in [-0.4, -0.2) is 42.1 Å². The summed E-state index contributed by atoms with van der Waals surface area (Å²) in [5.74, 6) is 0. The number of aliphatic hydroxyl groups is 1. The van der Waals surface area contributed by atoms with Crippen LogP contribution in [0, 0.1) is 0 Å². The number of hydrogen-bond acceptors (Lipinski definition) is 3. The first-order valence-corrected chi connectivity index (χ1v) is 4.43. The summed E-state index contributed by atoms with van der Waals surface area (Å²) in [5, 5.41) is 9.32. The van der Waals surface area contributed by atoms with Gasteiger partial charge in [0.25, 0.3) is 0 Å². The molecule has 1 aliphatic rings. The maximum absolute atomic E-state index is 9.75. The molecule has 90 valence electrons. The van der Waals surface area contributed by atoms with E-state index >= 15 is 0 Å². The molecule has 1 aliphatic heterocycles. The molecule has 0 aromatic heterocycles. The lowest BCUT2D eigenvalue weighted by molar-refractivity contribution is 0.0260. The second kappa shape index (κ2) is 5.84. The maximum Gasteiger partial charge on any atom is 0.673 e. The molecule has 1 atom stereocenters. The monoisotopic (exact) mass is 229 g/mol. The SMILES string of the molecule is CCC(O)N1C=CN(C)C1.F[B-](F)(F)F. The molecule has 0 aromatic rings. The molecule has 1 N–H and O–H groups in total. The van der Waals surface area contributed by atoms with Crippen molar-refractivity contribution < 1.29 is 22.4 Å². The van der Waals surface area contributed by atoms with Crippen molar-refractivity contribution in [2.24, 2.45) is 0 Å². The van der Waals surface area contributed by atoms with Crippen molar-refractivity contribution in [2.45, 2.75) is 19.6 Å². The van der Waals surface area contributed by atoms with E-state index in [1.54, 1.807) is 0 Å². The van der Waals surface area contributed by atoms with Crippen LogP contribution < -0.4 is 0 Å². The first-order chi connectivity index (χ1) is 6.74. The van der Waals surface area contributed by atoms with Crippen molar-refractivity contribution in [2.75, 3.05) is 13.7 Å². The summed E-state index contributed by atoms with van der Waals surface area (Å²) in [6.07, 6.45) is 4.33. The predicted molar refractivity (Wildman–Crippen MR) is 50.1 cm³/mol. The number of halogens is 4. The first kappa shape index (κ1) is 14.1. The van der Waals surface area contributed by atoms with Gasteiger partial charge in [-0.15, -0.1) is 0 Å². The lowest BCUT2D eigenvalue weighted by atomic mass is 10.3. The van der Waals surface area contributed by atoms with Gasteiger partial charge in [0.15, 0.2) is 0 Å². The summed E-state index contributed by atoms with van der Waals surface area (Å²) >= 11 is 0. The van der Waals surface area contributed by atoms with Gasteiger partial charge in [-0.3, -0.25) is 0 Å². The van der Waals surface area contributed by atoms with Crippen molar-refractivity contribution in [1.29, 1.82) is 0 Å². The number of nitrogens with zero attached hydrogens (tertiary/aromatic N) is 2. The van der Waals surface area contributed by atoms with E-state index in [-0.39, 0.29) is 6.23 Å². The predicted octanol–water partition coefficient (Wildman–Crippen LogP) is 1.69. The van der Waals surface area contributed by atoms with Crippen molar-refractivity contribution in [3.8, 4) is 0 Å². The van der Waals surface area contributed by atoms with E-state index in [0.717, 1.165) is 13.1 Å². The molecule has 0 amide bonds. The third-order valence-electron chi connectivity index (χ3n) is 1.65. The van der Waals surface area contributed by atoms with Gasteiger partial charge >= 0.3 is 7.25 Å². The molecule has 0 radical (unpaired) electrons. The van der Waals surface area contributed by atoms with Gasteiger partial charge in [-0.1, -0.05) is 6.92 Å². The molecule has 15 heavy (non-hydrogen) atoms. The maximum atomic E-state index is 9.75. The van der Waals surface area contributed by atoms with Gasteiger partial charge in [0.05, 0.1) is 6.67 Å². The zero-order valence-electron chi connectivity index (χ0n) is 8.58. The molecule has 0 saturated carbocycles. The molecule has 0 fully saturated rings. The summed E-state index contributed by atoms with van der Waals surface area (Å²) in [7, 11) is -4.01. The van der Waals surface area contributed by atoms with Crippen LogP contribution in [0.25, 0.3) is 0 Å². The van der Waals surface area contributed by atoms with Crippen LogP contribution in [0.15, 0.2) is 12.4 Å². The van der Waals surface area contributed by atoms with E-state index in [9.17, 15) is 22.4 Å². The zero-order valence-corrected chi connectivity index (χ0v) is 8.58. The van der Waals surface area contributed by atoms with Crippen LogP contribution >= 0.6 is 0 Å². The number of aliphatic hydroxyl groups excluding tert-OH is 1. The highest BCUT2D eigenvalue weighted by molar-refractivity contribution is 6.50. The molecule has 0 bridgehead atoms. The Bertz CT molecular complexity index is 206.